The molecule has 2 bridgehead atoms. The SMILES string of the molecule is CCc1c(F)ccc2cc(O)cc(-c3ncc4c(N5C6CCC5CC(O)C6)nc(OCC56CCCN5C[C@H](F)C6)nc4c3F)c12. The summed E-state index contributed by atoms with van der Waals surface area (Å²) in [6, 6.07) is 5.92. The van der Waals surface area contributed by atoms with Crippen LogP contribution in [0.5, 0.6) is 11.8 Å². The van der Waals surface area contributed by atoms with Gasteiger partial charge in [0.05, 0.1) is 17.0 Å². The first-order valence-electron chi connectivity index (χ1n) is 16.0. The highest BCUT2D eigenvalue weighted by atomic mass is 19.1. The Bertz CT molecular complexity index is 1810. The number of anilines is 1. The highest BCUT2D eigenvalue weighted by Crippen LogP contribution is 2.44. The Morgan fingerprint density at radius 2 is 1.91 bits per heavy atom. The van der Waals surface area contributed by atoms with Gasteiger partial charge in [0.15, 0.2) is 5.82 Å². The number of phenolic OH excluding ortho intramolecular Hbond substituents is 1. The van der Waals surface area contributed by atoms with Crippen molar-refractivity contribution in [1.82, 2.24) is 19.9 Å². The molecule has 45 heavy (non-hydrogen) atoms. The fourth-order valence-corrected chi connectivity index (χ4v) is 8.64. The van der Waals surface area contributed by atoms with Gasteiger partial charge in [-0.05, 0) is 86.0 Å². The average Bonchev–Trinajstić information content (AvgIpc) is 3.63. The van der Waals surface area contributed by atoms with Crippen LogP contribution in [0.2, 0.25) is 0 Å². The molecule has 236 valence electrons. The summed E-state index contributed by atoms with van der Waals surface area (Å²) in [6.07, 6.45) is 5.67. The van der Waals surface area contributed by atoms with Gasteiger partial charge in [-0.1, -0.05) is 13.0 Å². The molecule has 4 saturated heterocycles. The van der Waals surface area contributed by atoms with Crippen LogP contribution in [0.3, 0.4) is 0 Å². The molecule has 2 aromatic carbocycles. The number of aromatic nitrogens is 3. The minimum Gasteiger partial charge on any atom is -0.508 e. The first kappa shape index (κ1) is 28.8. The quantitative estimate of drug-likeness (QED) is 0.278. The number of ether oxygens (including phenoxy) is 1. The van der Waals surface area contributed by atoms with Crippen LogP contribution in [0.15, 0.2) is 30.5 Å². The molecule has 3 unspecified atom stereocenters. The summed E-state index contributed by atoms with van der Waals surface area (Å²) < 4.78 is 52.5. The van der Waals surface area contributed by atoms with Gasteiger partial charge in [-0.2, -0.15) is 9.97 Å². The van der Waals surface area contributed by atoms with Crippen LogP contribution in [0, 0.1) is 11.6 Å². The molecule has 4 aromatic rings. The summed E-state index contributed by atoms with van der Waals surface area (Å²) in [5, 5.41) is 22.5. The van der Waals surface area contributed by atoms with Gasteiger partial charge >= 0.3 is 6.01 Å². The summed E-state index contributed by atoms with van der Waals surface area (Å²) in [7, 11) is 0. The topological polar surface area (TPSA) is 94.8 Å². The number of hydrogen-bond acceptors (Lipinski definition) is 8. The number of alkyl halides is 1. The van der Waals surface area contributed by atoms with Crippen molar-refractivity contribution >= 4 is 27.5 Å². The van der Waals surface area contributed by atoms with E-state index in [1.165, 1.54) is 18.2 Å². The molecule has 0 radical (unpaired) electrons. The molecule has 4 fully saturated rings. The molecule has 8 nitrogen and oxygen atoms in total. The van der Waals surface area contributed by atoms with Crippen molar-refractivity contribution in [3.8, 4) is 23.0 Å². The van der Waals surface area contributed by atoms with Crippen LogP contribution < -0.4 is 9.64 Å². The van der Waals surface area contributed by atoms with Gasteiger partial charge in [-0.25, -0.2) is 13.2 Å². The van der Waals surface area contributed by atoms with Crippen LogP contribution in [0.1, 0.15) is 57.4 Å². The van der Waals surface area contributed by atoms with Crippen molar-refractivity contribution in [2.45, 2.75) is 88.2 Å². The number of nitrogens with zero attached hydrogens (tertiary/aromatic N) is 5. The Morgan fingerprint density at radius 1 is 1.11 bits per heavy atom. The number of phenols is 1. The average molecular weight is 620 g/mol. The number of aliphatic hydroxyl groups is 1. The molecule has 0 spiro atoms. The van der Waals surface area contributed by atoms with Gasteiger partial charge < -0.3 is 19.8 Å². The van der Waals surface area contributed by atoms with E-state index in [9.17, 15) is 19.0 Å². The fourth-order valence-electron chi connectivity index (χ4n) is 8.64. The molecule has 4 aliphatic rings. The zero-order valence-electron chi connectivity index (χ0n) is 25.1. The van der Waals surface area contributed by atoms with Crippen LogP contribution in [-0.4, -0.2) is 79.7 Å². The lowest BCUT2D eigenvalue weighted by molar-refractivity contribution is 0.107. The molecule has 4 aliphatic heterocycles. The van der Waals surface area contributed by atoms with E-state index in [1.54, 1.807) is 12.3 Å². The first-order chi connectivity index (χ1) is 21.7. The predicted octanol–water partition coefficient (Wildman–Crippen LogP) is 5.84. The molecular formula is C34H36F3N5O3. The van der Waals surface area contributed by atoms with Crippen molar-refractivity contribution in [2.75, 3.05) is 24.6 Å². The largest absolute Gasteiger partial charge is 0.508 e. The first-order valence-corrected chi connectivity index (χ1v) is 16.0. The van der Waals surface area contributed by atoms with Crippen LogP contribution >= 0.6 is 0 Å². The second-order valence-electron chi connectivity index (χ2n) is 13.3. The van der Waals surface area contributed by atoms with E-state index < -0.39 is 29.4 Å². The summed E-state index contributed by atoms with van der Waals surface area (Å²) in [6.45, 7) is 3.22. The molecule has 8 rings (SSSR count). The van der Waals surface area contributed by atoms with Gasteiger partial charge in [-0.15, -0.1) is 0 Å². The van der Waals surface area contributed by atoms with E-state index in [0.717, 1.165) is 32.2 Å². The number of pyridine rings is 1. The summed E-state index contributed by atoms with van der Waals surface area (Å²) in [4.78, 5) is 18.3. The fraction of sp³-hybridized carbons (Fsp3) is 0.500. The van der Waals surface area contributed by atoms with Crippen molar-refractivity contribution < 1.29 is 28.1 Å². The van der Waals surface area contributed by atoms with Crippen molar-refractivity contribution in [3.63, 3.8) is 0 Å². The zero-order chi connectivity index (χ0) is 31.0. The van der Waals surface area contributed by atoms with E-state index in [2.05, 4.69) is 19.8 Å². The molecule has 0 amide bonds. The van der Waals surface area contributed by atoms with E-state index in [1.807, 2.05) is 6.92 Å². The predicted molar refractivity (Wildman–Crippen MR) is 164 cm³/mol. The highest BCUT2D eigenvalue weighted by Gasteiger charge is 2.49. The van der Waals surface area contributed by atoms with Crippen LogP contribution in [0.4, 0.5) is 19.0 Å². The molecule has 2 aromatic heterocycles. The van der Waals surface area contributed by atoms with E-state index in [0.29, 0.717) is 59.8 Å². The summed E-state index contributed by atoms with van der Waals surface area (Å²) in [5.41, 5.74) is 0.183. The maximum Gasteiger partial charge on any atom is 0.319 e. The van der Waals surface area contributed by atoms with Gasteiger partial charge in [0.2, 0.25) is 0 Å². The number of aryl methyl sites for hydroxylation is 1. The number of benzene rings is 2. The van der Waals surface area contributed by atoms with Gasteiger partial charge in [0.1, 0.15) is 41.4 Å². The van der Waals surface area contributed by atoms with Gasteiger partial charge in [0, 0.05) is 36.8 Å². The number of aliphatic hydroxyl groups excluding tert-OH is 1. The van der Waals surface area contributed by atoms with Crippen LogP contribution in [-0.2, 0) is 6.42 Å². The molecule has 2 N–H and O–H groups in total. The minimum atomic E-state index is -0.918. The van der Waals surface area contributed by atoms with Gasteiger partial charge in [-0.3, -0.25) is 9.88 Å². The Hall–Kier alpha value is -3.70. The molecule has 0 saturated carbocycles. The molecule has 0 aliphatic carbocycles. The third-order valence-electron chi connectivity index (χ3n) is 10.6. The Morgan fingerprint density at radius 3 is 2.69 bits per heavy atom. The third kappa shape index (κ3) is 4.61. The van der Waals surface area contributed by atoms with Crippen molar-refractivity contribution in [3.05, 3.63) is 47.7 Å². The normalized spacial score (nSPS) is 28.0. The highest BCUT2D eigenvalue weighted by molar-refractivity contribution is 6.01. The van der Waals surface area contributed by atoms with E-state index >= 15 is 4.39 Å². The number of halogens is 3. The maximum atomic E-state index is 16.9. The monoisotopic (exact) mass is 619 g/mol. The van der Waals surface area contributed by atoms with Crippen LogP contribution in [0.25, 0.3) is 32.9 Å². The Kier molecular flexibility index (Phi) is 6.83. The van der Waals surface area contributed by atoms with Crippen molar-refractivity contribution in [2.24, 2.45) is 0 Å². The maximum absolute atomic E-state index is 16.9. The number of hydrogen-bond donors (Lipinski definition) is 2. The number of rotatable bonds is 6. The molecule has 6 heterocycles. The third-order valence-corrected chi connectivity index (χ3v) is 10.6. The number of aromatic hydroxyl groups is 1. The van der Waals surface area contributed by atoms with Gasteiger partial charge in [0.25, 0.3) is 0 Å². The Labute approximate surface area is 258 Å². The lowest BCUT2D eigenvalue weighted by Crippen LogP contribution is -2.45. The second-order valence-corrected chi connectivity index (χ2v) is 13.3. The zero-order valence-corrected chi connectivity index (χ0v) is 25.1. The smallest absolute Gasteiger partial charge is 0.319 e. The summed E-state index contributed by atoms with van der Waals surface area (Å²) >= 11 is 0. The minimum absolute atomic E-state index is 0.00339. The second kappa shape index (κ2) is 10.7. The number of fused-ring (bicyclic) bond motifs is 5. The molecule has 11 heteroatoms. The summed E-state index contributed by atoms with van der Waals surface area (Å²) in [5.74, 6) is -0.728. The molecule has 4 atom stereocenters. The Balaban J connectivity index is 1.29. The van der Waals surface area contributed by atoms with E-state index in [-0.39, 0.29) is 47.2 Å². The molecular weight excluding hydrogens is 583 g/mol. The standard InChI is InChI=1S/C34H36F3N5O3/c1-2-24-27(36)7-4-18-10-22(43)13-25(28(18)24)30-29(37)31-26(15-38-30)32(42-20-5-6-21(42)12-23(44)11-20)40-33(39-31)45-17-34-8-3-9-41(34)16-19(35)14-34/h4,7,10,13,15,19-21,23,43-44H,2-3,5-6,8-9,11-12,14,16-17H2,1H3/t19-,20?,21?,23?,34?/m1/s1. The lowest BCUT2D eigenvalue weighted by Gasteiger charge is -2.38. The number of piperidine rings is 1. The van der Waals surface area contributed by atoms with E-state index in [4.69, 9.17) is 9.72 Å². The van der Waals surface area contributed by atoms with Crippen molar-refractivity contribution in [1.29, 1.82) is 0 Å². The lowest BCUT2D eigenvalue weighted by atomic mass is 9.94.